The summed E-state index contributed by atoms with van der Waals surface area (Å²) in [7, 11) is 0. The predicted molar refractivity (Wildman–Crippen MR) is 109 cm³/mol. The second-order valence-electron chi connectivity index (χ2n) is 6.98. The maximum atomic E-state index is 12.2. The van der Waals surface area contributed by atoms with Crippen LogP contribution in [0.4, 0.5) is 5.69 Å². The third-order valence-corrected chi connectivity index (χ3v) is 5.78. The highest BCUT2D eigenvalue weighted by Gasteiger charge is 2.46. The van der Waals surface area contributed by atoms with Crippen molar-refractivity contribution in [2.24, 2.45) is 15.4 Å². The number of carbonyl (C=O) groups is 1. The molecule has 2 unspecified atom stereocenters. The average Bonchev–Trinajstić information content (AvgIpc) is 3.04. The summed E-state index contributed by atoms with van der Waals surface area (Å²) >= 11 is 12.6. The highest BCUT2D eigenvalue weighted by atomic mass is 35.5. The van der Waals surface area contributed by atoms with Gasteiger partial charge in [0.05, 0.1) is 23.1 Å². The van der Waals surface area contributed by atoms with E-state index in [0.29, 0.717) is 15.9 Å². The van der Waals surface area contributed by atoms with E-state index in [1.807, 2.05) is 13.0 Å². The number of benzene rings is 1. The molecular formula is C19H24Cl2N4O. The number of hydrogen-bond donors (Lipinski definition) is 1. The van der Waals surface area contributed by atoms with Crippen LogP contribution in [0.3, 0.4) is 0 Å². The average molecular weight is 395 g/mol. The molecule has 1 aromatic carbocycles. The van der Waals surface area contributed by atoms with Crippen LogP contribution in [-0.4, -0.2) is 37.2 Å². The maximum absolute atomic E-state index is 12.2. The van der Waals surface area contributed by atoms with Crippen molar-refractivity contribution in [1.82, 2.24) is 5.32 Å². The number of nitrogens with one attached hydrogen (secondary N) is 1. The zero-order valence-electron chi connectivity index (χ0n) is 15.3. The molecule has 2 atom stereocenters. The summed E-state index contributed by atoms with van der Waals surface area (Å²) in [6.45, 7) is 6.83. The van der Waals surface area contributed by atoms with E-state index in [4.69, 9.17) is 28.2 Å². The molecule has 7 heteroatoms. The first-order valence-corrected chi connectivity index (χ1v) is 9.77. The van der Waals surface area contributed by atoms with E-state index in [1.54, 1.807) is 12.4 Å². The number of aldehydes is 1. The Hall–Kier alpha value is -1.59. The van der Waals surface area contributed by atoms with Gasteiger partial charge in [0.1, 0.15) is 23.7 Å². The third-order valence-electron chi connectivity index (χ3n) is 5.27. The van der Waals surface area contributed by atoms with E-state index in [2.05, 4.69) is 29.1 Å². The molecule has 0 aliphatic carbocycles. The van der Waals surface area contributed by atoms with Crippen molar-refractivity contribution in [3.8, 4) is 0 Å². The lowest BCUT2D eigenvalue weighted by atomic mass is 9.84. The Balaban J connectivity index is 2.03. The Labute approximate surface area is 164 Å². The van der Waals surface area contributed by atoms with Gasteiger partial charge in [-0.3, -0.25) is 4.99 Å². The van der Waals surface area contributed by atoms with Gasteiger partial charge >= 0.3 is 0 Å². The fourth-order valence-corrected chi connectivity index (χ4v) is 4.33. The molecule has 0 saturated carbocycles. The molecule has 26 heavy (non-hydrogen) atoms. The van der Waals surface area contributed by atoms with Gasteiger partial charge in [0.25, 0.3) is 0 Å². The van der Waals surface area contributed by atoms with E-state index in [0.717, 1.165) is 43.3 Å². The van der Waals surface area contributed by atoms with Crippen molar-refractivity contribution < 1.29 is 4.79 Å². The van der Waals surface area contributed by atoms with Crippen molar-refractivity contribution in [3.63, 3.8) is 0 Å². The quantitative estimate of drug-likeness (QED) is 0.764. The number of halogens is 2. The number of anilines is 1. The van der Waals surface area contributed by atoms with Gasteiger partial charge in [-0.2, -0.15) is 0 Å². The van der Waals surface area contributed by atoms with Crippen LogP contribution in [-0.2, 0) is 11.2 Å². The van der Waals surface area contributed by atoms with Crippen molar-refractivity contribution in [1.29, 1.82) is 0 Å². The van der Waals surface area contributed by atoms with Gasteiger partial charge in [-0.15, -0.1) is 0 Å². The molecule has 0 aromatic heterocycles. The summed E-state index contributed by atoms with van der Waals surface area (Å²) in [5.74, 6) is 0.666. The van der Waals surface area contributed by atoms with Gasteiger partial charge in [-0.05, 0) is 43.9 Å². The smallest absolute Gasteiger partial charge is 0.142 e. The van der Waals surface area contributed by atoms with Crippen LogP contribution in [0.2, 0.25) is 10.0 Å². The SMILES string of the molecule is CCC(CC)N=C1NC=NC(N2CCc3cc(Cl)cc(Cl)c32)C1(C)C=O. The number of rotatable bonds is 5. The van der Waals surface area contributed by atoms with Crippen LogP contribution < -0.4 is 10.2 Å². The number of hydrogen-bond acceptors (Lipinski definition) is 4. The molecule has 1 aromatic rings. The monoisotopic (exact) mass is 394 g/mol. The summed E-state index contributed by atoms with van der Waals surface area (Å²) in [6.07, 6.45) is 4.87. The molecule has 140 valence electrons. The fourth-order valence-electron chi connectivity index (χ4n) is 3.68. The Morgan fingerprint density at radius 1 is 1.42 bits per heavy atom. The molecule has 3 rings (SSSR count). The second kappa shape index (κ2) is 7.57. The number of fused-ring (bicyclic) bond motifs is 1. The zero-order chi connectivity index (χ0) is 18.9. The summed E-state index contributed by atoms with van der Waals surface area (Å²) in [5.41, 5.74) is 1.13. The molecule has 0 radical (unpaired) electrons. The topological polar surface area (TPSA) is 57.1 Å². The van der Waals surface area contributed by atoms with Crippen LogP contribution in [0.1, 0.15) is 39.2 Å². The summed E-state index contributed by atoms with van der Waals surface area (Å²) in [4.78, 5) is 23.7. The Bertz CT molecular complexity index is 760. The highest BCUT2D eigenvalue weighted by molar-refractivity contribution is 6.36. The van der Waals surface area contributed by atoms with Gasteiger partial charge in [0, 0.05) is 11.6 Å². The van der Waals surface area contributed by atoms with Crippen LogP contribution in [0, 0.1) is 5.41 Å². The lowest BCUT2D eigenvalue weighted by Crippen LogP contribution is -2.57. The highest BCUT2D eigenvalue weighted by Crippen LogP contribution is 2.42. The molecule has 0 saturated heterocycles. The molecule has 2 heterocycles. The number of carbonyl (C=O) groups excluding carboxylic acids is 1. The van der Waals surface area contributed by atoms with Gasteiger partial charge < -0.3 is 15.0 Å². The number of amidine groups is 1. The van der Waals surface area contributed by atoms with Crippen LogP contribution in [0.15, 0.2) is 22.1 Å². The first-order chi connectivity index (χ1) is 12.4. The van der Waals surface area contributed by atoms with Crippen LogP contribution >= 0.6 is 23.2 Å². The lowest BCUT2D eigenvalue weighted by molar-refractivity contribution is -0.113. The van der Waals surface area contributed by atoms with Gasteiger partial charge in [-0.25, -0.2) is 4.99 Å². The molecule has 0 bridgehead atoms. The standard InChI is InChI=1S/C19H24Cl2N4O/c1-4-14(5-2)24-17-19(3,10-26)18(23-11-22-17)25-7-6-12-8-13(20)9-15(21)16(12)25/h8-11,14,18H,4-7H2,1-3H3,(H,22,23,24). The van der Waals surface area contributed by atoms with E-state index in [9.17, 15) is 4.79 Å². The summed E-state index contributed by atoms with van der Waals surface area (Å²) in [5, 5.41) is 4.32. The summed E-state index contributed by atoms with van der Waals surface area (Å²) < 4.78 is 0. The third kappa shape index (κ3) is 3.23. The molecular weight excluding hydrogens is 371 g/mol. The van der Waals surface area contributed by atoms with E-state index < -0.39 is 11.6 Å². The van der Waals surface area contributed by atoms with Gasteiger partial charge in [-0.1, -0.05) is 37.0 Å². The van der Waals surface area contributed by atoms with Crippen molar-refractivity contribution in [2.45, 2.75) is 52.2 Å². The zero-order valence-corrected chi connectivity index (χ0v) is 16.8. The molecule has 5 nitrogen and oxygen atoms in total. The largest absolute Gasteiger partial charge is 0.347 e. The Kier molecular flexibility index (Phi) is 5.58. The number of aliphatic imine (C=N–C) groups is 2. The van der Waals surface area contributed by atoms with Gasteiger partial charge in [0.15, 0.2) is 0 Å². The van der Waals surface area contributed by atoms with Crippen LogP contribution in [0.25, 0.3) is 0 Å². The van der Waals surface area contributed by atoms with Crippen molar-refractivity contribution >= 4 is 47.3 Å². The molecule has 0 fully saturated rings. The first-order valence-electron chi connectivity index (χ1n) is 9.01. The van der Waals surface area contributed by atoms with E-state index in [-0.39, 0.29) is 6.04 Å². The fraction of sp³-hybridized carbons (Fsp3) is 0.526. The second-order valence-corrected chi connectivity index (χ2v) is 7.83. The maximum Gasteiger partial charge on any atom is 0.142 e. The Morgan fingerprint density at radius 2 is 2.15 bits per heavy atom. The minimum atomic E-state index is -0.873. The minimum absolute atomic E-state index is 0.178. The minimum Gasteiger partial charge on any atom is -0.347 e. The number of nitrogens with zero attached hydrogens (tertiary/aromatic N) is 3. The van der Waals surface area contributed by atoms with E-state index in [1.165, 1.54) is 0 Å². The molecule has 0 amide bonds. The van der Waals surface area contributed by atoms with Gasteiger partial charge in [0.2, 0.25) is 0 Å². The normalized spacial score (nSPS) is 26.3. The first kappa shape index (κ1) is 19.2. The van der Waals surface area contributed by atoms with Crippen molar-refractivity contribution in [3.05, 3.63) is 27.7 Å². The van der Waals surface area contributed by atoms with Crippen LogP contribution in [0.5, 0.6) is 0 Å². The summed E-state index contributed by atoms with van der Waals surface area (Å²) in [6, 6.07) is 3.85. The van der Waals surface area contributed by atoms with Crippen molar-refractivity contribution in [2.75, 3.05) is 11.4 Å². The molecule has 2 aliphatic rings. The molecule has 1 N–H and O–H groups in total. The lowest BCUT2D eigenvalue weighted by Gasteiger charge is -2.41. The Morgan fingerprint density at radius 3 is 2.81 bits per heavy atom. The predicted octanol–water partition coefficient (Wildman–Crippen LogP) is 4.11. The molecule has 0 spiro atoms. The van der Waals surface area contributed by atoms with E-state index >= 15 is 0 Å². The molecule has 2 aliphatic heterocycles.